The van der Waals surface area contributed by atoms with Gasteiger partial charge in [0.25, 0.3) is 0 Å². The molecule has 2 nitrogen and oxygen atoms in total. The van der Waals surface area contributed by atoms with Crippen molar-refractivity contribution >= 4 is 34.2 Å². The summed E-state index contributed by atoms with van der Waals surface area (Å²) in [6, 6.07) is 6.91. The van der Waals surface area contributed by atoms with E-state index in [4.69, 9.17) is 23.2 Å². The summed E-state index contributed by atoms with van der Waals surface area (Å²) >= 11 is 11.9. The van der Waals surface area contributed by atoms with Crippen molar-refractivity contribution in [1.82, 2.24) is 9.55 Å². The monoisotopic (exact) mass is 330 g/mol. The summed E-state index contributed by atoms with van der Waals surface area (Å²) in [7, 11) is 0. The number of benzene rings is 2. The Hall–Kier alpha value is -1.72. The lowest BCUT2D eigenvalue weighted by Gasteiger charge is -2.10. The van der Waals surface area contributed by atoms with Crippen molar-refractivity contribution < 1.29 is 13.2 Å². The van der Waals surface area contributed by atoms with Gasteiger partial charge in [-0.3, -0.25) is 4.57 Å². The Morgan fingerprint density at radius 1 is 1.05 bits per heavy atom. The Kier molecular flexibility index (Phi) is 3.55. The maximum atomic E-state index is 14.1. The van der Waals surface area contributed by atoms with E-state index in [2.05, 4.69) is 4.98 Å². The molecule has 0 spiro atoms. The van der Waals surface area contributed by atoms with Crippen LogP contribution in [0.3, 0.4) is 0 Å². The van der Waals surface area contributed by atoms with E-state index in [1.54, 1.807) is 18.2 Å². The summed E-state index contributed by atoms with van der Waals surface area (Å²) in [5.74, 6) is -3.89. The first-order chi connectivity index (χ1) is 10.0. The van der Waals surface area contributed by atoms with E-state index < -0.39 is 17.5 Å². The average molecular weight is 331 g/mol. The molecule has 0 bridgehead atoms. The second kappa shape index (κ2) is 5.24. The second-order valence-electron chi connectivity index (χ2n) is 4.30. The van der Waals surface area contributed by atoms with Crippen molar-refractivity contribution in [1.29, 1.82) is 0 Å². The molecule has 0 fully saturated rings. The van der Waals surface area contributed by atoms with Crippen LogP contribution in [0.4, 0.5) is 13.2 Å². The first kappa shape index (κ1) is 14.2. The summed E-state index contributed by atoms with van der Waals surface area (Å²) in [4.78, 5) is 4.23. The Bertz CT molecular complexity index is 846. The lowest BCUT2D eigenvalue weighted by atomic mass is 10.2. The number of para-hydroxylation sites is 1. The van der Waals surface area contributed by atoms with Gasteiger partial charge in [0, 0.05) is 0 Å². The van der Waals surface area contributed by atoms with Gasteiger partial charge < -0.3 is 0 Å². The van der Waals surface area contributed by atoms with Gasteiger partial charge in [-0.25, -0.2) is 18.2 Å². The number of hydrogen-bond donors (Lipinski definition) is 0. The minimum absolute atomic E-state index is 0.0382. The van der Waals surface area contributed by atoms with Crippen molar-refractivity contribution in [2.75, 3.05) is 0 Å². The molecule has 0 saturated carbocycles. The summed E-state index contributed by atoms with van der Waals surface area (Å²) in [6.45, 7) is 0. The third-order valence-electron chi connectivity index (χ3n) is 3.07. The van der Waals surface area contributed by atoms with E-state index in [1.807, 2.05) is 0 Å². The number of imidazole rings is 1. The molecular formula is C14H7Cl2F3N2. The van der Waals surface area contributed by atoms with Gasteiger partial charge in [-0.05, 0) is 24.3 Å². The minimum Gasteiger partial charge on any atom is -0.291 e. The SMILES string of the molecule is Fc1ccc(-n2c(CCl)nc3cccc(Cl)c32)c(F)c1F. The fraction of sp³-hybridized carbons (Fsp3) is 0.0714. The zero-order valence-corrected chi connectivity index (χ0v) is 11.9. The molecule has 21 heavy (non-hydrogen) atoms. The van der Waals surface area contributed by atoms with Gasteiger partial charge in [0.15, 0.2) is 17.5 Å². The molecule has 7 heteroatoms. The zero-order valence-electron chi connectivity index (χ0n) is 10.4. The lowest BCUT2D eigenvalue weighted by Crippen LogP contribution is -2.05. The lowest BCUT2D eigenvalue weighted by molar-refractivity contribution is 0.444. The van der Waals surface area contributed by atoms with E-state index >= 15 is 0 Å². The molecule has 0 aliphatic carbocycles. The maximum Gasteiger partial charge on any atom is 0.196 e. The molecule has 0 N–H and O–H groups in total. The summed E-state index contributed by atoms with van der Waals surface area (Å²) in [5, 5.41) is 0.306. The summed E-state index contributed by atoms with van der Waals surface area (Å²) in [5.41, 5.74) is 0.683. The zero-order chi connectivity index (χ0) is 15.1. The summed E-state index contributed by atoms with van der Waals surface area (Å²) < 4.78 is 41.9. The largest absolute Gasteiger partial charge is 0.291 e. The molecule has 1 heterocycles. The van der Waals surface area contributed by atoms with Crippen molar-refractivity contribution in [2.45, 2.75) is 5.88 Å². The number of halogens is 5. The van der Waals surface area contributed by atoms with Gasteiger partial charge in [0.1, 0.15) is 5.82 Å². The van der Waals surface area contributed by atoms with Crippen LogP contribution in [0.25, 0.3) is 16.7 Å². The Morgan fingerprint density at radius 2 is 1.81 bits per heavy atom. The third-order valence-corrected chi connectivity index (χ3v) is 3.62. The van der Waals surface area contributed by atoms with Crippen LogP contribution in [0, 0.1) is 17.5 Å². The molecule has 0 atom stereocenters. The quantitative estimate of drug-likeness (QED) is 0.486. The first-order valence-corrected chi connectivity index (χ1v) is 6.81. The van der Waals surface area contributed by atoms with Crippen molar-refractivity contribution in [3.8, 4) is 5.69 Å². The smallest absolute Gasteiger partial charge is 0.196 e. The Labute approximate surface area is 127 Å². The Morgan fingerprint density at radius 3 is 2.52 bits per heavy atom. The highest BCUT2D eigenvalue weighted by Gasteiger charge is 2.20. The fourth-order valence-electron chi connectivity index (χ4n) is 2.17. The number of alkyl halides is 1. The fourth-order valence-corrected chi connectivity index (χ4v) is 2.60. The van der Waals surface area contributed by atoms with Gasteiger partial charge >= 0.3 is 0 Å². The molecule has 2 aromatic carbocycles. The van der Waals surface area contributed by atoms with Crippen LogP contribution in [0.5, 0.6) is 0 Å². The molecule has 1 aromatic heterocycles. The molecule has 0 unspecified atom stereocenters. The summed E-state index contributed by atoms with van der Waals surface area (Å²) in [6.07, 6.45) is 0. The van der Waals surface area contributed by atoms with Gasteiger partial charge in [-0.2, -0.15) is 0 Å². The molecule has 0 aliphatic heterocycles. The van der Waals surface area contributed by atoms with E-state index in [-0.39, 0.29) is 17.4 Å². The van der Waals surface area contributed by atoms with E-state index in [9.17, 15) is 13.2 Å². The highest BCUT2D eigenvalue weighted by atomic mass is 35.5. The Balaban J connectivity index is 2.42. The third kappa shape index (κ3) is 2.17. The van der Waals surface area contributed by atoms with Crippen molar-refractivity contribution in [3.63, 3.8) is 0 Å². The normalized spacial score (nSPS) is 11.3. The number of hydrogen-bond acceptors (Lipinski definition) is 1. The van der Waals surface area contributed by atoms with E-state index in [1.165, 1.54) is 4.57 Å². The maximum absolute atomic E-state index is 14.1. The minimum atomic E-state index is -1.55. The molecule has 3 rings (SSSR count). The highest BCUT2D eigenvalue weighted by molar-refractivity contribution is 6.35. The number of fused-ring (bicyclic) bond motifs is 1. The molecular weight excluding hydrogens is 324 g/mol. The van der Waals surface area contributed by atoms with E-state index in [0.29, 0.717) is 16.1 Å². The van der Waals surface area contributed by atoms with Crippen LogP contribution in [0.15, 0.2) is 30.3 Å². The predicted molar refractivity (Wildman–Crippen MR) is 75.5 cm³/mol. The molecule has 3 aromatic rings. The topological polar surface area (TPSA) is 17.8 Å². The van der Waals surface area contributed by atoms with Crippen LogP contribution >= 0.6 is 23.2 Å². The van der Waals surface area contributed by atoms with Crippen molar-refractivity contribution in [3.05, 3.63) is 58.6 Å². The van der Waals surface area contributed by atoms with Crippen LogP contribution in [-0.4, -0.2) is 9.55 Å². The van der Waals surface area contributed by atoms with Gasteiger partial charge in [0.05, 0.1) is 27.6 Å². The molecule has 0 aliphatic rings. The van der Waals surface area contributed by atoms with Gasteiger partial charge in [0.2, 0.25) is 0 Å². The van der Waals surface area contributed by atoms with Crippen LogP contribution in [-0.2, 0) is 5.88 Å². The van der Waals surface area contributed by atoms with Crippen LogP contribution in [0.1, 0.15) is 5.82 Å². The average Bonchev–Trinajstić information content (AvgIpc) is 2.85. The van der Waals surface area contributed by atoms with Crippen LogP contribution < -0.4 is 0 Å². The molecule has 0 radical (unpaired) electrons. The van der Waals surface area contributed by atoms with Gasteiger partial charge in [-0.15, -0.1) is 11.6 Å². The number of nitrogens with zero attached hydrogens (tertiary/aromatic N) is 2. The molecule has 0 amide bonds. The van der Waals surface area contributed by atoms with Crippen molar-refractivity contribution in [2.24, 2.45) is 0 Å². The number of rotatable bonds is 2. The van der Waals surface area contributed by atoms with Gasteiger partial charge in [-0.1, -0.05) is 17.7 Å². The highest BCUT2D eigenvalue weighted by Crippen LogP contribution is 2.30. The number of aromatic nitrogens is 2. The molecule has 108 valence electrons. The van der Waals surface area contributed by atoms with E-state index in [0.717, 1.165) is 12.1 Å². The van der Waals surface area contributed by atoms with Crippen LogP contribution in [0.2, 0.25) is 5.02 Å². The first-order valence-electron chi connectivity index (χ1n) is 5.90. The molecule has 0 saturated heterocycles. The standard InChI is InChI=1S/C14H7Cl2F3N2/c15-6-11-20-9-3-1-2-7(16)14(9)21(11)10-5-4-8(17)12(18)13(10)19/h1-5H,6H2. The predicted octanol–water partition coefficient (Wildman–Crippen LogP) is 4.84. The second-order valence-corrected chi connectivity index (χ2v) is 4.97.